The standard InChI is InChI=1S/C19H16N2O6/c1-26-16-9-11(8-14-17(22)21-19(25)20-14)5-6-15(16)27-10-12-3-2-4-13(7-12)18(23)24/h2-9H,10H2,1H3,(H,23,24)(H2,20,21,22,25)/p-1/b14-8+. The van der Waals surface area contributed by atoms with Gasteiger partial charge in [-0.3, -0.25) is 10.1 Å². The molecule has 1 aliphatic rings. The number of carboxylic acids is 1. The summed E-state index contributed by atoms with van der Waals surface area (Å²) < 4.78 is 11.0. The quantitative estimate of drug-likeness (QED) is 0.577. The molecule has 0 bridgehead atoms. The lowest BCUT2D eigenvalue weighted by atomic mass is 10.1. The van der Waals surface area contributed by atoms with E-state index in [2.05, 4.69) is 10.6 Å². The second-order valence-electron chi connectivity index (χ2n) is 5.65. The molecule has 3 amide bonds. The van der Waals surface area contributed by atoms with Crippen LogP contribution >= 0.6 is 0 Å². The third-order valence-corrected chi connectivity index (χ3v) is 3.78. The number of carbonyl (C=O) groups excluding carboxylic acids is 3. The van der Waals surface area contributed by atoms with E-state index in [1.807, 2.05) is 0 Å². The molecule has 0 saturated carbocycles. The number of urea groups is 1. The van der Waals surface area contributed by atoms with Crippen molar-refractivity contribution in [1.29, 1.82) is 0 Å². The zero-order valence-electron chi connectivity index (χ0n) is 14.3. The number of carboxylic acid groups (broad SMARTS) is 1. The van der Waals surface area contributed by atoms with Crippen molar-refractivity contribution in [2.75, 3.05) is 7.11 Å². The predicted molar refractivity (Wildman–Crippen MR) is 92.7 cm³/mol. The first-order chi connectivity index (χ1) is 13.0. The minimum absolute atomic E-state index is 0.0712. The highest BCUT2D eigenvalue weighted by Crippen LogP contribution is 2.29. The van der Waals surface area contributed by atoms with Gasteiger partial charge in [0.25, 0.3) is 5.91 Å². The third kappa shape index (κ3) is 4.24. The van der Waals surface area contributed by atoms with Crippen LogP contribution in [0.2, 0.25) is 0 Å². The smallest absolute Gasteiger partial charge is 0.326 e. The molecule has 0 spiro atoms. The van der Waals surface area contributed by atoms with Gasteiger partial charge in [0, 0.05) is 0 Å². The van der Waals surface area contributed by atoms with Crippen LogP contribution in [0.1, 0.15) is 21.5 Å². The zero-order chi connectivity index (χ0) is 19.4. The van der Waals surface area contributed by atoms with Gasteiger partial charge in [-0.05, 0) is 41.0 Å². The highest BCUT2D eigenvalue weighted by atomic mass is 16.5. The topological polar surface area (TPSA) is 117 Å². The van der Waals surface area contributed by atoms with Crippen LogP contribution in [0.4, 0.5) is 4.79 Å². The molecule has 8 heteroatoms. The van der Waals surface area contributed by atoms with Gasteiger partial charge in [-0.25, -0.2) is 4.79 Å². The zero-order valence-corrected chi connectivity index (χ0v) is 14.3. The largest absolute Gasteiger partial charge is 0.545 e. The Balaban J connectivity index is 1.76. The van der Waals surface area contributed by atoms with E-state index < -0.39 is 17.9 Å². The minimum atomic E-state index is -1.25. The van der Waals surface area contributed by atoms with Crippen molar-refractivity contribution in [2.24, 2.45) is 0 Å². The summed E-state index contributed by atoms with van der Waals surface area (Å²) in [5, 5.41) is 15.4. The van der Waals surface area contributed by atoms with Gasteiger partial charge in [-0.15, -0.1) is 0 Å². The molecule has 8 nitrogen and oxygen atoms in total. The van der Waals surface area contributed by atoms with Gasteiger partial charge in [0.1, 0.15) is 12.3 Å². The number of aromatic carboxylic acids is 1. The summed E-state index contributed by atoms with van der Waals surface area (Å²) in [5.74, 6) is -0.898. The number of carbonyl (C=O) groups is 3. The molecular weight excluding hydrogens is 352 g/mol. The fraction of sp³-hybridized carbons (Fsp3) is 0.105. The number of nitrogens with one attached hydrogen (secondary N) is 2. The van der Waals surface area contributed by atoms with E-state index in [1.54, 1.807) is 30.3 Å². The average Bonchev–Trinajstić information content (AvgIpc) is 2.97. The van der Waals surface area contributed by atoms with Crippen LogP contribution in [0.15, 0.2) is 48.2 Å². The van der Waals surface area contributed by atoms with Crippen molar-refractivity contribution >= 4 is 24.0 Å². The summed E-state index contributed by atoms with van der Waals surface area (Å²) in [7, 11) is 1.47. The highest BCUT2D eigenvalue weighted by Gasteiger charge is 2.22. The van der Waals surface area contributed by atoms with Crippen molar-refractivity contribution in [3.05, 3.63) is 64.9 Å². The maximum absolute atomic E-state index is 11.6. The molecule has 1 fully saturated rings. The van der Waals surface area contributed by atoms with Gasteiger partial charge in [0.2, 0.25) is 0 Å². The molecule has 0 radical (unpaired) electrons. The Kier molecular flexibility index (Phi) is 5.07. The van der Waals surface area contributed by atoms with Crippen molar-refractivity contribution in [2.45, 2.75) is 6.61 Å². The number of imide groups is 1. The van der Waals surface area contributed by atoms with E-state index in [1.165, 1.54) is 25.3 Å². The van der Waals surface area contributed by atoms with E-state index >= 15 is 0 Å². The van der Waals surface area contributed by atoms with Gasteiger partial charge >= 0.3 is 6.03 Å². The molecule has 27 heavy (non-hydrogen) atoms. The van der Waals surface area contributed by atoms with E-state index in [-0.39, 0.29) is 17.9 Å². The maximum atomic E-state index is 11.6. The Morgan fingerprint density at radius 2 is 1.93 bits per heavy atom. The van der Waals surface area contributed by atoms with E-state index in [4.69, 9.17) is 9.47 Å². The molecule has 1 saturated heterocycles. The fourth-order valence-corrected chi connectivity index (χ4v) is 2.49. The first kappa shape index (κ1) is 18.0. The molecule has 2 aromatic carbocycles. The molecule has 0 unspecified atom stereocenters. The lowest BCUT2D eigenvalue weighted by molar-refractivity contribution is -0.255. The maximum Gasteiger partial charge on any atom is 0.326 e. The van der Waals surface area contributed by atoms with Crippen LogP contribution in [0.25, 0.3) is 6.08 Å². The third-order valence-electron chi connectivity index (χ3n) is 3.78. The van der Waals surface area contributed by atoms with Crippen molar-refractivity contribution < 1.29 is 29.0 Å². The van der Waals surface area contributed by atoms with Crippen LogP contribution in [-0.4, -0.2) is 25.0 Å². The van der Waals surface area contributed by atoms with Crippen LogP contribution in [0, 0.1) is 0 Å². The SMILES string of the molecule is COc1cc(/C=C2/NC(=O)NC2=O)ccc1OCc1cccc(C(=O)[O-])c1. The van der Waals surface area contributed by atoms with E-state index in [0.717, 1.165) is 0 Å². The van der Waals surface area contributed by atoms with E-state index in [0.29, 0.717) is 22.6 Å². The molecule has 1 heterocycles. The second-order valence-corrected chi connectivity index (χ2v) is 5.65. The lowest BCUT2D eigenvalue weighted by Crippen LogP contribution is -2.22. The molecule has 2 aromatic rings. The van der Waals surface area contributed by atoms with Crippen LogP contribution in [0.3, 0.4) is 0 Å². The van der Waals surface area contributed by atoms with Crippen molar-refractivity contribution in [1.82, 2.24) is 10.6 Å². The molecule has 0 aliphatic carbocycles. The Morgan fingerprint density at radius 1 is 1.11 bits per heavy atom. The number of benzene rings is 2. The lowest BCUT2D eigenvalue weighted by Gasteiger charge is -2.12. The van der Waals surface area contributed by atoms with Crippen LogP contribution < -0.4 is 25.2 Å². The fourth-order valence-electron chi connectivity index (χ4n) is 2.49. The number of hydrogen-bond acceptors (Lipinski definition) is 6. The Hall–Kier alpha value is -3.81. The van der Waals surface area contributed by atoms with Crippen LogP contribution in [0.5, 0.6) is 11.5 Å². The average molecular weight is 367 g/mol. The summed E-state index contributed by atoms with van der Waals surface area (Å²) in [5.41, 5.74) is 1.50. The predicted octanol–water partition coefficient (Wildman–Crippen LogP) is 0.818. The molecule has 138 valence electrons. The summed E-state index contributed by atoms with van der Waals surface area (Å²) >= 11 is 0. The molecule has 1 aliphatic heterocycles. The second kappa shape index (κ2) is 7.61. The molecule has 2 N–H and O–H groups in total. The Labute approximate surface area is 154 Å². The van der Waals surface area contributed by atoms with Crippen LogP contribution in [-0.2, 0) is 11.4 Å². The van der Waals surface area contributed by atoms with Crippen molar-refractivity contribution in [3.8, 4) is 11.5 Å². The van der Waals surface area contributed by atoms with Gasteiger partial charge in [0.05, 0.1) is 13.1 Å². The molecule has 3 rings (SSSR count). The van der Waals surface area contributed by atoms with Crippen molar-refractivity contribution in [3.63, 3.8) is 0 Å². The molecule has 0 atom stereocenters. The minimum Gasteiger partial charge on any atom is -0.545 e. The number of methoxy groups -OCH3 is 1. The summed E-state index contributed by atoms with van der Waals surface area (Å²) in [6.45, 7) is 0.135. The molecular formula is C19H15N2O6-. The van der Waals surface area contributed by atoms with Gasteiger partial charge in [-0.1, -0.05) is 24.3 Å². The normalized spacial score (nSPS) is 14.6. The monoisotopic (exact) mass is 367 g/mol. The summed E-state index contributed by atoms with van der Waals surface area (Å²) in [4.78, 5) is 33.6. The first-order valence-corrected chi connectivity index (χ1v) is 7.91. The summed E-state index contributed by atoms with van der Waals surface area (Å²) in [6.07, 6.45) is 1.51. The van der Waals surface area contributed by atoms with E-state index in [9.17, 15) is 19.5 Å². The highest BCUT2D eigenvalue weighted by molar-refractivity contribution is 6.14. The Bertz CT molecular complexity index is 951. The van der Waals surface area contributed by atoms with Gasteiger partial charge in [0.15, 0.2) is 11.5 Å². The Morgan fingerprint density at radius 3 is 2.59 bits per heavy atom. The number of ether oxygens (including phenoxy) is 2. The molecule has 0 aromatic heterocycles. The number of hydrogen-bond donors (Lipinski definition) is 2. The number of amides is 3. The summed E-state index contributed by atoms with van der Waals surface area (Å²) in [6, 6.07) is 10.7. The first-order valence-electron chi connectivity index (χ1n) is 7.91. The van der Waals surface area contributed by atoms with Gasteiger partial charge < -0.3 is 24.7 Å². The number of rotatable bonds is 6. The van der Waals surface area contributed by atoms with Gasteiger partial charge in [-0.2, -0.15) is 0 Å².